The van der Waals surface area contributed by atoms with E-state index in [1.54, 1.807) is 0 Å². The molecule has 3 fully saturated rings. The average molecular weight is 350 g/mol. The molecular weight excluding hydrogens is 328 g/mol. The zero-order valence-electron chi connectivity index (χ0n) is 13.4. The van der Waals surface area contributed by atoms with Gasteiger partial charge in [-0.3, -0.25) is 0 Å². The molecule has 5 atom stereocenters. The summed E-state index contributed by atoms with van der Waals surface area (Å²) in [5.41, 5.74) is 0. The molecule has 3 aliphatic rings. The molecule has 0 unspecified atom stereocenters. The van der Waals surface area contributed by atoms with Gasteiger partial charge in [0.25, 0.3) is 0 Å². The van der Waals surface area contributed by atoms with Gasteiger partial charge in [-0.05, 0) is 46.2 Å². The summed E-state index contributed by atoms with van der Waals surface area (Å²) in [7, 11) is 0. The molecular formula is C14H22O6S2. The molecule has 0 bridgehead atoms. The van der Waals surface area contributed by atoms with Crippen LogP contribution in [0.2, 0.25) is 0 Å². The summed E-state index contributed by atoms with van der Waals surface area (Å²) >= 11 is 6.57. The monoisotopic (exact) mass is 350 g/mol. The fourth-order valence-corrected chi connectivity index (χ4v) is 3.29. The summed E-state index contributed by atoms with van der Waals surface area (Å²) in [6.45, 7) is 7.90. The largest absolute Gasteiger partial charge is 0.469 e. The minimum Gasteiger partial charge on any atom is -0.469 e. The quantitative estimate of drug-likeness (QED) is 0.702. The highest BCUT2D eigenvalue weighted by Gasteiger charge is 2.59. The smallest absolute Gasteiger partial charge is 0.220 e. The maximum Gasteiger partial charge on any atom is 0.220 e. The van der Waals surface area contributed by atoms with Crippen LogP contribution in [0.4, 0.5) is 0 Å². The first-order valence-electron chi connectivity index (χ1n) is 7.28. The second-order valence-electron chi connectivity index (χ2n) is 6.47. The molecule has 0 aromatic heterocycles. The van der Waals surface area contributed by atoms with Crippen LogP contribution >= 0.6 is 24.0 Å². The Morgan fingerprint density at radius 3 is 2.41 bits per heavy atom. The molecule has 0 amide bonds. The number of thiocarbonyl (C=S) groups is 1. The van der Waals surface area contributed by atoms with Gasteiger partial charge in [-0.2, -0.15) is 0 Å². The second kappa shape index (κ2) is 5.84. The third-order valence-corrected chi connectivity index (χ3v) is 4.85. The Bertz CT molecular complexity index is 455. The lowest BCUT2D eigenvalue weighted by molar-refractivity contribution is -0.230. The van der Waals surface area contributed by atoms with Crippen molar-refractivity contribution in [3.05, 3.63) is 0 Å². The van der Waals surface area contributed by atoms with E-state index >= 15 is 0 Å². The second-order valence-corrected chi connectivity index (χ2v) is 7.88. The Morgan fingerprint density at radius 1 is 1.09 bits per heavy atom. The van der Waals surface area contributed by atoms with Crippen LogP contribution in [0, 0.1) is 0 Å². The lowest BCUT2D eigenvalue weighted by Gasteiger charge is -2.29. The third kappa shape index (κ3) is 3.28. The van der Waals surface area contributed by atoms with Crippen LogP contribution in [0.3, 0.4) is 0 Å². The zero-order chi connectivity index (χ0) is 16.1. The van der Waals surface area contributed by atoms with E-state index < -0.39 is 17.9 Å². The van der Waals surface area contributed by atoms with E-state index in [1.807, 2.05) is 34.0 Å². The molecule has 0 radical (unpaired) electrons. The molecule has 3 saturated heterocycles. The van der Waals surface area contributed by atoms with Crippen molar-refractivity contribution in [3.8, 4) is 0 Å². The molecule has 0 N–H and O–H groups in total. The van der Waals surface area contributed by atoms with Gasteiger partial charge in [-0.25, -0.2) is 0 Å². The molecule has 0 aromatic rings. The molecule has 0 aliphatic carbocycles. The van der Waals surface area contributed by atoms with Crippen molar-refractivity contribution in [1.82, 2.24) is 0 Å². The van der Waals surface area contributed by atoms with Crippen LogP contribution in [0.1, 0.15) is 27.7 Å². The highest BCUT2D eigenvalue weighted by molar-refractivity contribution is 8.22. The Hall–Kier alpha value is 0.0400. The number of fused-ring (bicyclic) bond motifs is 1. The lowest BCUT2D eigenvalue weighted by atomic mass is 10.1. The molecule has 0 saturated carbocycles. The Balaban J connectivity index is 1.76. The Kier molecular flexibility index (Phi) is 4.48. The van der Waals surface area contributed by atoms with Gasteiger partial charge in [-0.15, -0.1) is 0 Å². The van der Waals surface area contributed by atoms with Crippen LogP contribution < -0.4 is 0 Å². The summed E-state index contributed by atoms with van der Waals surface area (Å²) in [6.07, 6.45) is 0.0796. The Morgan fingerprint density at radius 2 is 1.82 bits per heavy atom. The number of ether oxygens (including phenoxy) is 6. The molecule has 6 nitrogen and oxygen atoms in total. The van der Waals surface area contributed by atoms with Gasteiger partial charge in [0.15, 0.2) is 30.1 Å². The van der Waals surface area contributed by atoms with Crippen LogP contribution in [0.25, 0.3) is 0 Å². The van der Waals surface area contributed by atoms with E-state index in [9.17, 15) is 0 Å². The van der Waals surface area contributed by atoms with Gasteiger partial charge in [0.05, 0.1) is 6.61 Å². The van der Waals surface area contributed by atoms with Gasteiger partial charge in [0.2, 0.25) is 4.38 Å². The van der Waals surface area contributed by atoms with Crippen LogP contribution in [-0.4, -0.2) is 59.5 Å². The van der Waals surface area contributed by atoms with Crippen molar-refractivity contribution in [2.75, 3.05) is 12.9 Å². The van der Waals surface area contributed by atoms with Gasteiger partial charge in [-0.1, -0.05) is 11.8 Å². The first-order valence-corrected chi connectivity index (χ1v) is 8.91. The first kappa shape index (κ1) is 16.9. The maximum absolute atomic E-state index is 6.01. The summed E-state index contributed by atoms with van der Waals surface area (Å²) < 4.78 is 35.6. The van der Waals surface area contributed by atoms with E-state index in [4.69, 9.17) is 40.6 Å². The average Bonchev–Trinajstić information content (AvgIpc) is 3.01. The van der Waals surface area contributed by atoms with Crippen LogP contribution in [0.5, 0.6) is 0 Å². The zero-order valence-corrected chi connectivity index (χ0v) is 15.0. The summed E-state index contributed by atoms with van der Waals surface area (Å²) in [5, 5.41) is 0. The van der Waals surface area contributed by atoms with Gasteiger partial charge >= 0.3 is 0 Å². The molecule has 0 spiro atoms. The SMILES string of the molecule is CSC(=S)O[C@@H]1[C@H]2OC(C)(C)O[C@@H]2O[C@@H]1[C@H]1COC(C)(C)O1. The summed E-state index contributed by atoms with van der Waals surface area (Å²) in [5.74, 6) is -1.33. The number of hydrogen-bond acceptors (Lipinski definition) is 8. The van der Waals surface area contributed by atoms with E-state index in [-0.39, 0.29) is 24.4 Å². The minimum atomic E-state index is -0.699. The number of rotatable bonds is 2. The fourth-order valence-electron chi connectivity index (χ4n) is 2.97. The molecule has 3 heterocycles. The van der Waals surface area contributed by atoms with Crippen LogP contribution in [-0.2, 0) is 28.4 Å². The predicted molar refractivity (Wildman–Crippen MR) is 84.6 cm³/mol. The topological polar surface area (TPSA) is 55.4 Å². The van der Waals surface area contributed by atoms with Gasteiger partial charge < -0.3 is 28.4 Å². The van der Waals surface area contributed by atoms with Crippen molar-refractivity contribution in [2.24, 2.45) is 0 Å². The fraction of sp³-hybridized carbons (Fsp3) is 0.929. The maximum atomic E-state index is 6.01. The summed E-state index contributed by atoms with van der Waals surface area (Å²) in [4.78, 5) is 0. The molecule has 3 rings (SSSR count). The van der Waals surface area contributed by atoms with Crippen molar-refractivity contribution in [1.29, 1.82) is 0 Å². The van der Waals surface area contributed by atoms with E-state index in [0.717, 1.165) is 0 Å². The summed E-state index contributed by atoms with van der Waals surface area (Å²) in [6, 6.07) is 0. The number of hydrogen-bond donors (Lipinski definition) is 0. The molecule has 0 aromatic carbocycles. The molecule has 3 aliphatic heterocycles. The molecule has 126 valence electrons. The lowest BCUT2D eigenvalue weighted by Crippen LogP contribution is -2.44. The Labute approximate surface area is 140 Å². The standard InChI is InChI=1S/C14H22O6S2/c1-13(2)15-6-7(18-13)8-9(17-12(21)22-5)10-11(16-8)20-14(3,4)19-10/h7-11H,6H2,1-5H3/t7-,8-,9+,10-,11+/m1/s1. The van der Waals surface area contributed by atoms with Crippen molar-refractivity contribution < 1.29 is 28.4 Å². The van der Waals surface area contributed by atoms with Crippen LogP contribution in [0.15, 0.2) is 0 Å². The van der Waals surface area contributed by atoms with Crippen molar-refractivity contribution >= 4 is 28.4 Å². The predicted octanol–water partition coefficient (Wildman–Crippen LogP) is 2.05. The minimum absolute atomic E-state index is 0.245. The first-order chi connectivity index (χ1) is 10.2. The van der Waals surface area contributed by atoms with E-state index in [2.05, 4.69) is 0 Å². The number of thioether (sulfide) groups is 1. The van der Waals surface area contributed by atoms with Crippen molar-refractivity contribution in [2.45, 2.75) is 70.0 Å². The molecule has 8 heteroatoms. The van der Waals surface area contributed by atoms with Gasteiger partial charge in [0, 0.05) is 0 Å². The van der Waals surface area contributed by atoms with Gasteiger partial charge in [0.1, 0.15) is 12.2 Å². The van der Waals surface area contributed by atoms with E-state index in [0.29, 0.717) is 11.0 Å². The highest BCUT2D eigenvalue weighted by atomic mass is 32.2. The molecule has 22 heavy (non-hydrogen) atoms. The van der Waals surface area contributed by atoms with E-state index in [1.165, 1.54) is 11.8 Å². The van der Waals surface area contributed by atoms with Crippen molar-refractivity contribution in [3.63, 3.8) is 0 Å². The highest BCUT2D eigenvalue weighted by Crippen LogP contribution is 2.42. The third-order valence-electron chi connectivity index (χ3n) is 3.82. The normalized spacial score (nSPS) is 42.3.